The normalized spacial score (nSPS) is 8.88. The SMILES string of the molecule is CC(C)=CCCOO. The fourth-order valence-electron chi connectivity index (χ4n) is 0.400. The van der Waals surface area contributed by atoms with E-state index in [2.05, 4.69) is 4.89 Å². The van der Waals surface area contributed by atoms with Gasteiger partial charge in [0.1, 0.15) is 0 Å². The highest BCUT2D eigenvalue weighted by atomic mass is 17.1. The molecule has 0 heterocycles. The number of hydrogen-bond donors (Lipinski definition) is 1. The van der Waals surface area contributed by atoms with Crippen LogP contribution in [0.2, 0.25) is 0 Å². The molecule has 0 aromatic heterocycles. The molecule has 0 aliphatic carbocycles. The van der Waals surface area contributed by atoms with Crippen molar-refractivity contribution in [2.75, 3.05) is 6.61 Å². The lowest BCUT2D eigenvalue weighted by molar-refractivity contribution is -0.240. The zero-order chi connectivity index (χ0) is 6.41. The van der Waals surface area contributed by atoms with E-state index in [4.69, 9.17) is 5.26 Å². The second kappa shape index (κ2) is 4.81. The molecule has 0 aliphatic heterocycles. The van der Waals surface area contributed by atoms with E-state index in [1.54, 1.807) is 0 Å². The quantitative estimate of drug-likeness (QED) is 0.264. The zero-order valence-electron chi connectivity index (χ0n) is 5.35. The Kier molecular flexibility index (Phi) is 4.61. The summed E-state index contributed by atoms with van der Waals surface area (Å²) in [5.41, 5.74) is 1.25. The van der Waals surface area contributed by atoms with Crippen LogP contribution in [0, 0.1) is 0 Å². The second-order valence-corrected chi connectivity index (χ2v) is 1.90. The van der Waals surface area contributed by atoms with E-state index in [-0.39, 0.29) is 0 Å². The van der Waals surface area contributed by atoms with Gasteiger partial charge in [0.15, 0.2) is 0 Å². The smallest absolute Gasteiger partial charge is 0.0854 e. The molecule has 0 aromatic carbocycles. The van der Waals surface area contributed by atoms with Gasteiger partial charge in [-0.3, -0.25) is 5.26 Å². The standard InChI is InChI=1S/C6H12O2/c1-6(2)4-3-5-8-7/h4,7H,3,5H2,1-2H3. The van der Waals surface area contributed by atoms with E-state index in [1.807, 2.05) is 19.9 Å². The molecule has 0 saturated carbocycles. The fraction of sp³-hybridized carbons (Fsp3) is 0.667. The molecule has 0 amide bonds. The number of allylic oxidation sites excluding steroid dienone is 1. The maximum absolute atomic E-state index is 7.85. The summed E-state index contributed by atoms with van der Waals surface area (Å²) in [6.45, 7) is 4.42. The maximum atomic E-state index is 7.85. The fourth-order valence-corrected chi connectivity index (χ4v) is 0.400. The Morgan fingerprint density at radius 3 is 2.62 bits per heavy atom. The van der Waals surface area contributed by atoms with Crippen molar-refractivity contribution in [1.29, 1.82) is 0 Å². The van der Waals surface area contributed by atoms with Crippen molar-refractivity contribution in [3.63, 3.8) is 0 Å². The summed E-state index contributed by atoms with van der Waals surface area (Å²) in [5, 5.41) is 7.85. The molecule has 0 saturated heterocycles. The summed E-state index contributed by atoms with van der Waals surface area (Å²) in [7, 11) is 0. The first-order valence-corrected chi connectivity index (χ1v) is 2.67. The lowest BCUT2D eigenvalue weighted by Gasteiger charge is -1.89. The summed E-state index contributed by atoms with van der Waals surface area (Å²) in [4.78, 5) is 3.85. The van der Waals surface area contributed by atoms with Gasteiger partial charge in [0.25, 0.3) is 0 Å². The topological polar surface area (TPSA) is 29.5 Å². The molecule has 0 radical (unpaired) electrons. The van der Waals surface area contributed by atoms with E-state index >= 15 is 0 Å². The molecule has 0 aromatic rings. The third-order valence-corrected chi connectivity index (χ3v) is 0.762. The van der Waals surface area contributed by atoms with Gasteiger partial charge >= 0.3 is 0 Å². The summed E-state index contributed by atoms with van der Waals surface area (Å²) < 4.78 is 0. The highest BCUT2D eigenvalue weighted by Gasteiger charge is 1.78. The minimum absolute atomic E-state index is 0.394. The Bertz CT molecular complexity index is 72.6. The Morgan fingerprint density at radius 2 is 2.25 bits per heavy atom. The van der Waals surface area contributed by atoms with Crippen LogP contribution in [-0.2, 0) is 4.89 Å². The molecule has 2 heteroatoms. The maximum Gasteiger partial charge on any atom is 0.0854 e. The van der Waals surface area contributed by atoms with Gasteiger partial charge in [0.2, 0.25) is 0 Å². The van der Waals surface area contributed by atoms with E-state index in [0.717, 1.165) is 6.42 Å². The van der Waals surface area contributed by atoms with Crippen LogP contribution in [0.1, 0.15) is 20.3 Å². The van der Waals surface area contributed by atoms with Gasteiger partial charge in [-0.25, -0.2) is 4.89 Å². The van der Waals surface area contributed by atoms with Crippen LogP contribution < -0.4 is 0 Å². The molecule has 0 rings (SSSR count). The minimum atomic E-state index is 0.394. The monoisotopic (exact) mass is 116 g/mol. The van der Waals surface area contributed by atoms with Gasteiger partial charge < -0.3 is 0 Å². The van der Waals surface area contributed by atoms with Crippen molar-refractivity contribution < 1.29 is 10.1 Å². The first-order valence-electron chi connectivity index (χ1n) is 2.67. The Labute approximate surface area is 49.7 Å². The first-order chi connectivity index (χ1) is 3.77. The molecule has 0 spiro atoms. The summed E-state index contributed by atoms with van der Waals surface area (Å²) in [6.07, 6.45) is 2.80. The van der Waals surface area contributed by atoms with E-state index in [1.165, 1.54) is 5.57 Å². The predicted molar refractivity (Wildman–Crippen MR) is 32.6 cm³/mol. The van der Waals surface area contributed by atoms with Crippen LogP contribution >= 0.6 is 0 Å². The van der Waals surface area contributed by atoms with E-state index < -0.39 is 0 Å². The molecule has 8 heavy (non-hydrogen) atoms. The van der Waals surface area contributed by atoms with Crippen molar-refractivity contribution in [2.45, 2.75) is 20.3 Å². The predicted octanol–water partition coefficient (Wildman–Crippen LogP) is 1.83. The van der Waals surface area contributed by atoms with Crippen molar-refractivity contribution >= 4 is 0 Å². The number of hydrogen-bond acceptors (Lipinski definition) is 2. The highest BCUT2D eigenvalue weighted by Crippen LogP contribution is 1.91. The molecule has 1 N–H and O–H groups in total. The van der Waals surface area contributed by atoms with E-state index in [0.29, 0.717) is 6.61 Å². The van der Waals surface area contributed by atoms with Crippen LogP contribution in [0.15, 0.2) is 11.6 Å². The van der Waals surface area contributed by atoms with E-state index in [9.17, 15) is 0 Å². The van der Waals surface area contributed by atoms with Crippen molar-refractivity contribution in [2.24, 2.45) is 0 Å². The third-order valence-electron chi connectivity index (χ3n) is 0.762. The zero-order valence-corrected chi connectivity index (χ0v) is 5.35. The summed E-state index contributed by atoms with van der Waals surface area (Å²) >= 11 is 0. The molecule has 0 unspecified atom stereocenters. The average molecular weight is 116 g/mol. The molecule has 48 valence electrons. The molecular formula is C6H12O2. The number of rotatable bonds is 3. The van der Waals surface area contributed by atoms with Crippen LogP contribution in [0.4, 0.5) is 0 Å². The van der Waals surface area contributed by atoms with Gasteiger partial charge in [-0.1, -0.05) is 11.6 Å². The molecule has 0 aliphatic rings. The second-order valence-electron chi connectivity index (χ2n) is 1.90. The Balaban J connectivity index is 3.03. The summed E-state index contributed by atoms with van der Waals surface area (Å²) in [6, 6.07) is 0. The molecule has 0 atom stereocenters. The molecule has 0 fully saturated rings. The van der Waals surface area contributed by atoms with Gasteiger partial charge in [-0.2, -0.15) is 0 Å². The minimum Gasteiger partial charge on any atom is -0.252 e. The van der Waals surface area contributed by atoms with Crippen molar-refractivity contribution in [3.8, 4) is 0 Å². The largest absolute Gasteiger partial charge is 0.252 e. The summed E-state index contributed by atoms with van der Waals surface area (Å²) in [5.74, 6) is 0. The third kappa shape index (κ3) is 5.66. The van der Waals surface area contributed by atoms with Gasteiger partial charge in [0, 0.05) is 0 Å². The lowest BCUT2D eigenvalue weighted by Crippen LogP contribution is -1.84. The van der Waals surface area contributed by atoms with Gasteiger partial charge in [-0.15, -0.1) is 0 Å². The first kappa shape index (κ1) is 7.66. The molecular weight excluding hydrogens is 104 g/mol. The highest BCUT2D eigenvalue weighted by molar-refractivity contribution is 4.92. The Morgan fingerprint density at radius 1 is 1.62 bits per heavy atom. The molecule has 2 nitrogen and oxygen atoms in total. The van der Waals surface area contributed by atoms with Crippen molar-refractivity contribution in [3.05, 3.63) is 11.6 Å². The average Bonchev–Trinajstić information content (AvgIpc) is 1.66. The van der Waals surface area contributed by atoms with Gasteiger partial charge in [-0.05, 0) is 20.3 Å². The van der Waals surface area contributed by atoms with Crippen molar-refractivity contribution in [1.82, 2.24) is 0 Å². The van der Waals surface area contributed by atoms with Gasteiger partial charge in [0.05, 0.1) is 6.61 Å². The molecule has 0 bridgehead atoms. The van der Waals surface area contributed by atoms with Crippen LogP contribution in [0.25, 0.3) is 0 Å². The van der Waals surface area contributed by atoms with Crippen LogP contribution in [-0.4, -0.2) is 11.9 Å². The Hall–Kier alpha value is -0.340. The van der Waals surface area contributed by atoms with Crippen LogP contribution in [0.3, 0.4) is 0 Å². The lowest BCUT2D eigenvalue weighted by atomic mass is 10.3. The van der Waals surface area contributed by atoms with Crippen LogP contribution in [0.5, 0.6) is 0 Å².